The van der Waals surface area contributed by atoms with Crippen LogP contribution >= 0.6 is 0 Å². The molecule has 2 aliphatic rings. The van der Waals surface area contributed by atoms with Crippen molar-refractivity contribution in [3.63, 3.8) is 0 Å². The molecule has 2 aliphatic heterocycles. The van der Waals surface area contributed by atoms with Crippen LogP contribution in [0.3, 0.4) is 0 Å². The average Bonchev–Trinajstić information content (AvgIpc) is 2.89. The van der Waals surface area contributed by atoms with Crippen LogP contribution in [-0.2, 0) is 19.3 Å². The molecule has 2 heterocycles. The summed E-state index contributed by atoms with van der Waals surface area (Å²) >= 11 is 0. The summed E-state index contributed by atoms with van der Waals surface area (Å²) in [6.07, 6.45) is 1.45. The molecule has 1 aromatic carbocycles. The number of nitrogens with two attached hydrogens (primary N) is 1. The fraction of sp³-hybridized carbons (Fsp3) is 0.571. The molecule has 2 unspecified atom stereocenters. The molecule has 5 nitrogen and oxygen atoms in total. The van der Waals surface area contributed by atoms with E-state index in [0.717, 1.165) is 12.1 Å². The Labute approximate surface area is 123 Å². The van der Waals surface area contributed by atoms with Crippen molar-refractivity contribution in [3.05, 3.63) is 24.0 Å². The van der Waals surface area contributed by atoms with E-state index < -0.39 is 26.5 Å². The number of sulfone groups is 1. The highest BCUT2D eigenvalue weighted by Crippen LogP contribution is 2.38. The van der Waals surface area contributed by atoms with Gasteiger partial charge in [0.25, 0.3) is 0 Å². The first kappa shape index (κ1) is 14.7. The van der Waals surface area contributed by atoms with E-state index in [1.807, 2.05) is 0 Å². The van der Waals surface area contributed by atoms with Gasteiger partial charge >= 0.3 is 0 Å². The van der Waals surface area contributed by atoms with Crippen molar-refractivity contribution < 1.29 is 22.3 Å². The average molecular weight is 315 g/mol. The fourth-order valence-corrected chi connectivity index (χ4v) is 5.01. The lowest BCUT2D eigenvalue weighted by atomic mass is 9.93. The largest absolute Gasteiger partial charge is 0.398 e. The second-order valence-corrected chi connectivity index (χ2v) is 7.87. The zero-order valence-electron chi connectivity index (χ0n) is 11.5. The van der Waals surface area contributed by atoms with Crippen LogP contribution in [0.1, 0.15) is 19.3 Å². The van der Waals surface area contributed by atoms with E-state index in [1.165, 1.54) is 6.07 Å². The minimum absolute atomic E-state index is 0.0830. The normalized spacial score (nSPS) is 29.9. The van der Waals surface area contributed by atoms with Crippen molar-refractivity contribution in [2.24, 2.45) is 0 Å². The number of halogens is 1. The summed E-state index contributed by atoms with van der Waals surface area (Å²) in [5, 5.41) is -0.614. The summed E-state index contributed by atoms with van der Waals surface area (Å²) in [6.45, 7) is 1.36. The quantitative estimate of drug-likeness (QED) is 0.837. The summed E-state index contributed by atoms with van der Waals surface area (Å²) < 4.78 is 50.0. The molecule has 0 saturated carbocycles. The summed E-state index contributed by atoms with van der Waals surface area (Å²) in [5.74, 6) is -0.603. The van der Waals surface area contributed by atoms with Crippen molar-refractivity contribution in [1.29, 1.82) is 0 Å². The van der Waals surface area contributed by atoms with Gasteiger partial charge in [-0.15, -0.1) is 0 Å². The Kier molecular flexibility index (Phi) is 3.67. The van der Waals surface area contributed by atoms with Gasteiger partial charge < -0.3 is 15.2 Å². The minimum atomic E-state index is -3.68. The minimum Gasteiger partial charge on any atom is -0.398 e. The molecule has 1 spiro atoms. The van der Waals surface area contributed by atoms with Crippen molar-refractivity contribution in [1.82, 2.24) is 0 Å². The molecule has 2 N–H and O–H groups in total. The number of hydrogen-bond acceptors (Lipinski definition) is 5. The summed E-state index contributed by atoms with van der Waals surface area (Å²) in [7, 11) is -3.68. The van der Waals surface area contributed by atoms with E-state index in [-0.39, 0.29) is 10.6 Å². The Hall–Kier alpha value is -1.18. The van der Waals surface area contributed by atoms with E-state index in [0.29, 0.717) is 39.1 Å². The number of rotatable bonds is 2. The second kappa shape index (κ2) is 5.23. The monoisotopic (exact) mass is 315 g/mol. The molecule has 7 heteroatoms. The Balaban J connectivity index is 1.92. The van der Waals surface area contributed by atoms with Crippen LogP contribution < -0.4 is 5.73 Å². The molecule has 0 bridgehead atoms. The van der Waals surface area contributed by atoms with Crippen LogP contribution in [0.2, 0.25) is 0 Å². The predicted molar refractivity (Wildman–Crippen MR) is 75.1 cm³/mol. The maximum absolute atomic E-state index is 13.4. The van der Waals surface area contributed by atoms with Gasteiger partial charge in [-0.1, -0.05) is 0 Å². The van der Waals surface area contributed by atoms with Crippen LogP contribution in [0.5, 0.6) is 0 Å². The van der Waals surface area contributed by atoms with Gasteiger partial charge in [0, 0.05) is 19.6 Å². The molecule has 0 amide bonds. The van der Waals surface area contributed by atoms with Crippen molar-refractivity contribution in [3.8, 4) is 0 Å². The molecule has 0 aromatic heterocycles. The van der Waals surface area contributed by atoms with Gasteiger partial charge in [0.2, 0.25) is 0 Å². The fourth-order valence-electron chi connectivity index (χ4n) is 3.05. The Bertz CT molecular complexity index is 640. The molecule has 116 valence electrons. The van der Waals surface area contributed by atoms with Gasteiger partial charge in [-0.25, -0.2) is 12.8 Å². The van der Waals surface area contributed by atoms with Crippen LogP contribution in [0.4, 0.5) is 10.1 Å². The maximum Gasteiger partial charge on any atom is 0.183 e. The third kappa shape index (κ3) is 2.65. The van der Waals surface area contributed by atoms with E-state index in [1.54, 1.807) is 0 Å². The number of ether oxygens (including phenoxy) is 2. The highest BCUT2D eigenvalue weighted by molar-refractivity contribution is 7.92. The summed E-state index contributed by atoms with van der Waals surface area (Å²) in [5.41, 5.74) is 5.29. The summed E-state index contributed by atoms with van der Waals surface area (Å²) in [6, 6.07) is 3.44. The molecular formula is C14H18FNO4S. The first-order valence-electron chi connectivity index (χ1n) is 6.94. The molecular weight excluding hydrogens is 297 g/mol. The number of hydrogen-bond donors (Lipinski definition) is 1. The Morgan fingerprint density at radius 2 is 2.14 bits per heavy atom. The van der Waals surface area contributed by atoms with E-state index in [9.17, 15) is 12.8 Å². The second-order valence-electron chi connectivity index (χ2n) is 5.68. The van der Waals surface area contributed by atoms with Crippen LogP contribution in [0, 0.1) is 5.82 Å². The van der Waals surface area contributed by atoms with Gasteiger partial charge in [0.1, 0.15) is 5.82 Å². The molecule has 2 saturated heterocycles. The lowest BCUT2D eigenvalue weighted by Crippen LogP contribution is -2.45. The van der Waals surface area contributed by atoms with Gasteiger partial charge in [-0.2, -0.15) is 0 Å². The standard InChI is InChI=1S/C14H18FNO4S/c15-10-1-2-12(16)13(7-10)21(17,18)11-3-5-20-14(8-11)4-6-19-9-14/h1-2,7,11H,3-6,8-9,16H2. The third-order valence-electron chi connectivity index (χ3n) is 4.24. The highest BCUT2D eigenvalue weighted by atomic mass is 32.2. The SMILES string of the molecule is Nc1ccc(F)cc1S(=O)(=O)C1CCOC2(CCOC2)C1. The highest BCUT2D eigenvalue weighted by Gasteiger charge is 2.45. The smallest absolute Gasteiger partial charge is 0.183 e. The van der Waals surface area contributed by atoms with Gasteiger partial charge in [0.15, 0.2) is 9.84 Å². The van der Waals surface area contributed by atoms with E-state index >= 15 is 0 Å². The van der Waals surface area contributed by atoms with E-state index in [4.69, 9.17) is 15.2 Å². The molecule has 2 atom stereocenters. The lowest BCUT2D eigenvalue weighted by molar-refractivity contribution is -0.0778. The van der Waals surface area contributed by atoms with Crippen molar-refractivity contribution in [2.75, 3.05) is 25.6 Å². The molecule has 0 radical (unpaired) electrons. The first-order valence-corrected chi connectivity index (χ1v) is 8.48. The zero-order chi connectivity index (χ0) is 15.1. The maximum atomic E-state index is 13.4. The Morgan fingerprint density at radius 1 is 1.33 bits per heavy atom. The van der Waals surface area contributed by atoms with E-state index in [2.05, 4.69) is 0 Å². The van der Waals surface area contributed by atoms with Crippen LogP contribution in [0.25, 0.3) is 0 Å². The molecule has 2 fully saturated rings. The third-order valence-corrected chi connectivity index (χ3v) is 6.48. The number of benzene rings is 1. The van der Waals surface area contributed by atoms with Crippen LogP contribution in [0.15, 0.2) is 23.1 Å². The molecule has 3 rings (SSSR count). The Morgan fingerprint density at radius 3 is 2.86 bits per heavy atom. The van der Waals surface area contributed by atoms with Gasteiger partial charge in [-0.05, 0) is 31.0 Å². The number of anilines is 1. The first-order chi connectivity index (χ1) is 9.93. The zero-order valence-corrected chi connectivity index (χ0v) is 12.4. The topological polar surface area (TPSA) is 78.6 Å². The van der Waals surface area contributed by atoms with Crippen LogP contribution in [-0.4, -0.2) is 39.1 Å². The lowest BCUT2D eigenvalue weighted by Gasteiger charge is -2.36. The number of nitrogen functional groups attached to an aromatic ring is 1. The van der Waals surface area contributed by atoms with Gasteiger partial charge in [0.05, 0.1) is 28.0 Å². The van der Waals surface area contributed by atoms with Gasteiger partial charge in [-0.3, -0.25) is 0 Å². The summed E-state index contributed by atoms with van der Waals surface area (Å²) in [4.78, 5) is -0.122. The predicted octanol–water partition coefficient (Wildman–Crippen LogP) is 1.52. The molecule has 0 aliphatic carbocycles. The molecule has 21 heavy (non-hydrogen) atoms. The molecule has 1 aromatic rings. The van der Waals surface area contributed by atoms with Crippen molar-refractivity contribution >= 4 is 15.5 Å². The van der Waals surface area contributed by atoms with Crippen molar-refractivity contribution in [2.45, 2.75) is 35.0 Å².